The van der Waals surface area contributed by atoms with Crippen LogP contribution in [0.15, 0.2) is 58.1 Å². The summed E-state index contributed by atoms with van der Waals surface area (Å²) >= 11 is 0. The second-order valence-corrected chi connectivity index (χ2v) is 6.61. The molecule has 0 bridgehead atoms. The number of rotatable bonds is 8. The minimum absolute atomic E-state index is 0. The van der Waals surface area contributed by atoms with Crippen LogP contribution in [-0.4, -0.2) is 36.1 Å². The van der Waals surface area contributed by atoms with Gasteiger partial charge in [-0.25, -0.2) is 0 Å². The second-order valence-electron chi connectivity index (χ2n) is 5.03. The molecule has 0 radical (unpaired) electrons. The molecule has 5 nitrogen and oxygen atoms in total. The average Bonchev–Trinajstić information content (AvgIpc) is 3.07. The van der Waals surface area contributed by atoms with E-state index in [0.29, 0.717) is 24.0 Å². The molecule has 0 fully saturated rings. The highest BCUT2D eigenvalue weighted by molar-refractivity contribution is 14.0. The Morgan fingerprint density at radius 3 is 2.54 bits per heavy atom. The highest BCUT2D eigenvalue weighted by atomic mass is 127. The summed E-state index contributed by atoms with van der Waals surface area (Å²) in [7, 11) is 0.846. The van der Waals surface area contributed by atoms with E-state index in [0.717, 1.165) is 24.3 Å². The highest BCUT2D eigenvalue weighted by Gasteiger charge is 2.03. The van der Waals surface area contributed by atoms with Crippen LogP contribution >= 0.6 is 24.0 Å². The van der Waals surface area contributed by atoms with Gasteiger partial charge in [0.2, 0.25) is 0 Å². The first-order valence-corrected chi connectivity index (χ1v) is 9.12. The minimum atomic E-state index is -0.880. The van der Waals surface area contributed by atoms with Crippen LogP contribution in [0, 0.1) is 0 Å². The highest BCUT2D eigenvalue weighted by Crippen LogP contribution is 2.02. The molecular weight excluding hydrogens is 437 g/mol. The van der Waals surface area contributed by atoms with Gasteiger partial charge in [0, 0.05) is 48.9 Å². The lowest BCUT2D eigenvalue weighted by molar-refractivity contribution is 0.507. The molecule has 1 heterocycles. The maximum atomic E-state index is 12.1. The van der Waals surface area contributed by atoms with Gasteiger partial charge in [-0.2, -0.15) is 0 Å². The Kier molecular flexibility index (Phi) is 10.4. The first-order valence-electron chi connectivity index (χ1n) is 7.63. The molecule has 1 unspecified atom stereocenters. The van der Waals surface area contributed by atoms with Gasteiger partial charge >= 0.3 is 0 Å². The Bertz CT molecular complexity index is 618. The molecule has 2 aromatic rings. The zero-order valence-corrected chi connectivity index (χ0v) is 16.9. The summed E-state index contributed by atoms with van der Waals surface area (Å²) in [5.74, 6) is 2.84. The van der Waals surface area contributed by atoms with Crippen LogP contribution in [0.5, 0.6) is 0 Å². The van der Waals surface area contributed by atoms with Crippen molar-refractivity contribution >= 4 is 40.7 Å². The molecule has 0 aliphatic rings. The Morgan fingerprint density at radius 1 is 1.12 bits per heavy atom. The number of nitrogens with zero attached hydrogens (tertiary/aromatic N) is 1. The molecule has 0 amide bonds. The summed E-state index contributed by atoms with van der Waals surface area (Å²) in [6, 6.07) is 13.7. The van der Waals surface area contributed by atoms with E-state index in [1.54, 1.807) is 13.3 Å². The quantitative estimate of drug-likeness (QED) is 0.360. The van der Waals surface area contributed by atoms with Crippen molar-refractivity contribution in [3.63, 3.8) is 0 Å². The average molecular weight is 461 g/mol. The number of hydrogen-bond donors (Lipinski definition) is 2. The molecule has 0 aliphatic heterocycles. The van der Waals surface area contributed by atoms with Crippen molar-refractivity contribution < 1.29 is 8.63 Å². The van der Waals surface area contributed by atoms with E-state index < -0.39 is 10.8 Å². The summed E-state index contributed by atoms with van der Waals surface area (Å²) in [6.07, 6.45) is 2.47. The van der Waals surface area contributed by atoms with Gasteiger partial charge in [0.05, 0.1) is 6.26 Å². The SMILES string of the molecule is CN=C(NCCc1ccco1)NCCS(=O)Cc1ccccc1.I. The molecule has 0 aliphatic carbocycles. The van der Waals surface area contributed by atoms with Gasteiger partial charge in [0.25, 0.3) is 0 Å². The molecule has 0 spiro atoms. The van der Waals surface area contributed by atoms with Crippen molar-refractivity contribution in [2.75, 3.05) is 25.9 Å². The first-order chi connectivity index (χ1) is 11.3. The van der Waals surface area contributed by atoms with E-state index in [2.05, 4.69) is 15.6 Å². The van der Waals surface area contributed by atoms with E-state index in [1.807, 2.05) is 42.5 Å². The molecular formula is C17H24IN3O2S. The molecule has 0 saturated carbocycles. The molecule has 2 N–H and O–H groups in total. The summed E-state index contributed by atoms with van der Waals surface area (Å²) in [4.78, 5) is 4.15. The van der Waals surface area contributed by atoms with E-state index in [4.69, 9.17) is 4.42 Å². The van der Waals surface area contributed by atoms with Crippen LogP contribution < -0.4 is 10.6 Å². The molecule has 1 aromatic carbocycles. The number of benzene rings is 1. The Hall–Kier alpha value is -1.35. The molecule has 0 saturated heterocycles. The second kappa shape index (κ2) is 12.1. The number of guanidine groups is 1. The summed E-state index contributed by atoms with van der Waals surface area (Å²) in [5.41, 5.74) is 1.10. The van der Waals surface area contributed by atoms with Crippen molar-refractivity contribution in [2.45, 2.75) is 12.2 Å². The monoisotopic (exact) mass is 461 g/mol. The number of hydrogen-bond acceptors (Lipinski definition) is 3. The van der Waals surface area contributed by atoms with Gasteiger partial charge < -0.3 is 15.1 Å². The minimum Gasteiger partial charge on any atom is -0.469 e. The van der Waals surface area contributed by atoms with Gasteiger partial charge in [-0.3, -0.25) is 9.20 Å². The van der Waals surface area contributed by atoms with E-state index >= 15 is 0 Å². The van der Waals surface area contributed by atoms with E-state index in [9.17, 15) is 4.21 Å². The molecule has 2 rings (SSSR count). The fourth-order valence-corrected chi connectivity index (χ4v) is 3.13. The molecule has 1 atom stereocenters. The van der Waals surface area contributed by atoms with Crippen molar-refractivity contribution in [1.82, 2.24) is 10.6 Å². The Balaban J connectivity index is 0.00000288. The lowest BCUT2D eigenvalue weighted by Gasteiger charge is -2.11. The third kappa shape index (κ3) is 7.96. The predicted octanol–water partition coefficient (Wildman–Crippen LogP) is 2.55. The molecule has 24 heavy (non-hydrogen) atoms. The van der Waals surface area contributed by atoms with E-state index in [1.165, 1.54) is 0 Å². The fourth-order valence-electron chi connectivity index (χ4n) is 2.10. The maximum Gasteiger partial charge on any atom is 0.191 e. The zero-order valence-electron chi connectivity index (χ0n) is 13.7. The Labute approximate surface area is 162 Å². The predicted molar refractivity (Wildman–Crippen MR) is 110 cm³/mol. The summed E-state index contributed by atoms with van der Waals surface area (Å²) in [5, 5.41) is 6.39. The fraction of sp³-hybridized carbons (Fsp3) is 0.353. The van der Waals surface area contributed by atoms with Crippen LogP contribution in [0.2, 0.25) is 0 Å². The maximum absolute atomic E-state index is 12.1. The van der Waals surface area contributed by atoms with Crippen molar-refractivity contribution in [3.05, 3.63) is 60.1 Å². The van der Waals surface area contributed by atoms with Gasteiger partial charge in [0.15, 0.2) is 5.96 Å². The third-order valence-electron chi connectivity index (χ3n) is 3.26. The van der Waals surface area contributed by atoms with Gasteiger partial charge in [-0.15, -0.1) is 24.0 Å². The van der Waals surface area contributed by atoms with Crippen molar-refractivity contribution in [2.24, 2.45) is 4.99 Å². The van der Waals surface area contributed by atoms with Gasteiger partial charge in [-0.1, -0.05) is 30.3 Å². The lowest BCUT2D eigenvalue weighted by atomic mass is 10.2. The number of aliphatic imine (C=N–C) groups is 1. The number of furan rings is 1. The lowest BCUT2D eigenvalue weighted by Crippen LogP contribution is -2.40. The van der Waals surface area contributed by atoms with Crippen LogP contribution in [0.25, 0.3) is 0 Å². The number of nitrogens with one attached hydrogen (secondary N) is 2. The van der Waals surface area contributed by atoms with Crippen molar-refractivity contribution in [3.8, 4) is 0 Å². The molecule has 132 valence electrons. The van der Waals surface area contributed by atoms with Crippen molar-refractivity contribution in [1.29, 1.82) is 0 Å². The van der Waals surface area contributed by atoms with Gasteiger partial charge in [0.1, 0.15) is 5.76 Å². The smallest absolute Gasteiger partial charge is 0.191 e. The van der Waals surface area contributed by atoms with E-state index in [-0.39, 0.29) is 24.0 Å². The van der Waals surface area contributed by atoms with Crippen LogP contribution in [0.1, 0.15) is 11.3 Å². The van der Waals surface area contributed by atoms with Gasteiger partial charge in [-0.05, 0) is 17.7 Å². The van der Waals surface area contributed by atoms with Crippen LogP contribution in [0.3, 0.4) is 0 Å². The third-order valence-corrected chi connectivity index (χ3v) is 4.57. The first kappa shape index (κ1) is 20.7. The summed E-state index contributed by atoms with van der Waals surface area (Å²) in [6.45, 7) is 1.36. The van der Waals surface area contributed by atoms with Crippen LogP contribution in [0.4, 0.5) is 0 Å². The number of halogens is 1. The topological polar surface area (TPSA) is 66.6 Å². The molecule has 1 aromatic heterocycles. The standard InChI is InChI=1S/C17H23N3O2S.HI/c1-18-17(19-10-9-16-8-5-12-22-16)20-11-13-23(21)14-15-6-3-2-4-7-15;/h2-8,12H,9-11,13-14H2,1H3,(H2,18,19,20);1H. The van der Waals surface area contributed by atoms with Crippen LogP contribution in [-0.2, 0) is 23.0 Å². The summed E-state index contributed by atoms with van der Waals surface area (Å²) < 4.78 is 17.3. The zero-order chi connectivity index (χ0) is 16.3. The molecule has 7 heteroatoms. The normalized spacial score (nSPS) is 12.3. The largest absolute Gasteiger partial charge is 0.469 e. The Morgan fingerprint density at radius 2 is 1.88 bits per heavy atom.